The first-order chi connectivity index (χ1) is 6.79. The fraction of sp³-hybridized carbons (Fsp3) is 0.250. The molecule has 0 aliphatic carbocycles. The topological polar surface area (TPSA) is 65.1 Å². The number of carbonyl (C=O) groups excluding carboxylic acids is 1. The minimum absolute atomic E-state index is 0. The van der Waals surface area contributed by atoms with Gasteiger partial charge in [-0.2, -0.15) is 13.2 Å². The molecule has 0 saturated heterocycles. The summed E-state index contributed by atoms with van der Waals surface area (Å²) in [6.07, 6.45) is -2.68. The van der Waals surface area contributed by atoms with Gasteiger partial charge < -0.3 is 10.3 Å². The Balaban J connectivity index is 0.00000225. The third-order valence-electron chi connectivity index (χ3n) is 1.61. The van der Waals surface area contributed by atoms with Crippen LogP contribution in [0.1, 0.15) is 10.4 Å². The van der Waals surface area contributed by atoms with Crippen molar-refractivity contribution in [3.05, 3.63) is 34.2 Å². The molecule has 0 unspecified atom stereocenters. The Morgan fingerprint density at radius 1 is 1.44 bits per heavy atom. The number of primary amides is 1. The maximum absolute atomic E-state index is 12.0. The van der Waals surface area contributed by atoms with Crippen molar-refractivity contribution in [3.63, 3.8) is 0 Å². The maximum Gasteiger partial charge on any atom is 0.406 e. The van der Waals surface area contributed by atoms with Crippen molar-refractivity contribution in [2.24, 2.45) is 5.73 Å². The van der Waals surface area contributed by atoms with Crippen molar-refractivity contribution in [2.75, 3.05) is 0 Å². The fourth-order valence-corrected chi connectivity index (χ4v) is 1.02. The first-order valence-electron chi connectivity index (χ1n) is 3.86. The predicted octanol–water partition coefficient (Wildman–Crippen LogP) is 0.931. The SMILES string of the molecule is Cl.NC(=O)c1cn(CC(F)(F)F)ccc1=O. The lowest BCUT2D eigenvalue weighted by molar-refractivity contribution is -0.140. The van der Waals surface area contributed by atoms with E-state index in [1.54, 1.807) is 0 Å². The second kappa shape index (κ2) is 5.02. The largest absolute Gasteiger partial charge is 0.406 e. The van der Waals surface area contributed by atoms with E-state index in [2.05, 4.69) is 0 Å². The second-order valence-corrected chi connectivity index (χ2v) is 2.87. The zero-order valence-electron chi connectivity index (χ0n) is 7.82. The van der Waals surface area contributed by atoms with E-state index < -0.39 is 29.6 Å². The number of nitrogens with two attached hydrogens (primary N) is 1. The number of alkyl halides is 3. The van der Waals surface area contributed by atoms with Gasteiger partial charge in [0, 0.05) is 18.5 Å². The van der Waals surface area contributed by atoms with Crippen LogP contribution in [-0.2, 0) is 6.54 Å². The average Bonchev–Trinajstić information content (AvgIpc) is 2.05. The quantitative estimate of drug-likeness (QED) is 0.856. The Labute approximate surface area is 94.3 Å². The van der Waals surface area contributed by atoms with Crippen LogP contribution in [0.4, 0.5) is 13.2 Å². The van der Waals surface area contributed by atoms with Gasteiger partial charge in [0.1, 0.15) is 12.1 Å². The normalized spacial score (nSPS) is 10.7. The molecule has 0 aromatic carbocycles. The molecule has 16 heavy (non-hydrogen) atoms. The molecule has 4 nitrogen and oxygen atoms in total. The summed E-state index contributed by atoms with van der Waals surface area (Å²) in [7, 11) is 0. The van der Waals surface area contributed by atoms with Crippen molar-refractivity contribution in [1.82, 2.24) is 4.57 Å². The highest BCUT2D eigenvalue weighted by atomic mass is 35.5. The van der Waals surface area contributed by atoms with E-state index in [4.69, 9.17) is 5.73 Å². The number of halogens is 4. The van der Waals surface area contributed by atoms with Gasteiger partial charge in [-0.25, -0.2) is 0 Å². The minimum Gasteiger partial charge on any atom is -0.365 e. The van der Waals surface area contributed by atoms with E-state index >= 15 is 0 Å². The lowest BCUT2D eigenvalue weighted by Gasteiger charge is -2.09. The average molecular weight is 257 g/mol. The summed E-state index contributed by atoms with van der Waals surface area (Å²) < 4.78 is 36.6. The molecule has 0 saturated carbocycles. The Bertz CT molecular complexity index is 442. The molecule has 0 fully saturated rings. The molecule has 8 heteroatoms. The third kappa shape index (κ3) is 3.93. The molecule has 1 aromatic heterocycles. The molecule has 0 atom stereocenters. The Hall–Kier alpha value is -1.50. The first-order valence-corrected chi connectivity index (χ1v) is 3.86. The predicted molar refractivity (Wildman–Crippen MR) is 52.5 cm³/mol. The molecule has 1 heterocycles. The molecule has 0 aliphatic rings. The number of amides is 1. The number of nitrogens with zero attached hydrogens (tertiary/aromatic N) is 1. The van der Waals surface area contributed by atoms with Gasteiger partial charge in [-0.15, -0.1) is 12.4 Å². The van der Waals surface area contributed by atoms with E-state index in [9.17, 15) is 22.8 Å². The Morgan fingerprint density at radius 3 is 2.44 bits per heavy atom. The molecule has 0 spiro atoms. The van der Waals surface area contributed by atoms with Crippen molar-refractivity contribution in [2.45, 2.75) is 12.7 Å². The van der Waals surface area contributed by atoms with Gasteiger partial charge in [0.25, 0.3) is 5.91 Å². The monoisotopic (exact) mass is 256 g/mol. The van der Waals surface area contributed by atoms with E-state index in [1.165, 1.54) is 0 Å². The highest BCUT2D eigenvalue weighted by molar-refractivity contribution is 5.92. The number of pyridine rings is 1. The summed E-state index contributed by atoms with van der Waals surface area (Å²) in [5.74, 6) is -1.04. The van der Waals surface area contributed by atoms with Gasteiger partial charge in [0.2, 0.25) is 0 Å². The molecule has 1 aromatic rings. The van der Waals surface area contributed by atoms with E-state index in [0.29, 0.717) is 4.57 Å². The van der Waals surface area contributed by atoms with Crippen LogP contribution in [0.2, 0.25) is 0 Å². The van der Waals surface area contributed by atoms with Gasteiger partial charge >= 0.3 is 6.18 Å². The highest BCUT2D eigenvalue weighted by Crippen LogP contribution is 2.16. The third-order valence-corrected chi connectivity index (χ3v) is 1.61. The molecular formula is C8H8ClF3N2O2. The fourth-order valence-electron chi connectivity index (χ4n) is 1.02. The van der Waals surface area contributed by atoms with Crippen LogP contribution in [0, 0.1) is 0 Å². The lowest BCUT2D eigenvalue weighted by atomic mass is 10.2. The summed E-state index contributed by atoms with van der Waals surface area (Å²) in [6, 6.07) is 0.867. The van der Waals surface area contributed by atoms with Crippen LogP contribution in [0.15, 0.2) is 23.3 Å². The Kier molecular flexibility index (Phi) is 4.55. The summed E-state index contributed by atoms with van der Waals surface area (Å²) in [6.45, 7) is -1.27. The summed E-state index contributed by atoms with van der Waals surface area (Å²) in [5.41, 5.74) is 3.66. The van der Waals surface area contributed by atoms with E-state index in [-0.39, 0.29) is 12.4 Å². The number of aromatic nitrogens is 1. The van der Waals surface area contributed by atoms with Crippen molar-refractivity contribution < 1.29 is 18.0 Å². The first kappa shape index (κ1) is 14.5. The number of rotatable bonds is 2. The zero-order chi connectivity index (χ0) is 11.6. The summed E-state index contributed by atoms with van der Waals surface area (Å²) in [5, 5.41) is 0. The number of hydrogen-bond acceptors (Lipinski definition) is 2. The zero-order valence-corrected chi connectivity index (χ0v) is 8.64. The smallest absolute Gasteiger partial charge is 0.365 e. The maximum atomic E-state index is 12.0. The second-order valence-electron chi connectivity index (χ2n) is 2.87. The highest BCUT2D eigenvalue weighted by Gasteiger charge is 2.27. The van der Waals surface area contributed by atoms with Gasteiger partial charge in [-0.1, -0.05) is 0 Å². The summed E-state index contributed by atoms with van der Waals surface area (Å²) in [4.78, 5) is 21.7. The molecule has 0 radical (unpaired) electrons. The standard InChI is InChI=1S/C8H7F3N2O2.ClH/c9-8(10,11)4-13-2-1-6(14)5(3-13)7(12)15;/h1-3H,4H2,(H2,12,15);1H. The lowest BCUT2D eigenvalue weighted by Crippen LogP contribution is -2.25. The molecule has 1 rings (SSSR count). The minimum atomic E-state index is -4.41. The van der Waals surface area contributed by atoms with E-state index in [1.807, 2.05) is 0 Å². The van der Waals surface area contributed by atoms with Gasteiger partial charge in [-0.3, -0.25) is 9.59 Å². The molecule has 1 amide bonds. The molecular weight excluding hydrogens is 249 g/mol. The molecule has 0 bridgehead atoms. The molecule has 0 aliphatic heterocycles. The molecule has 90 valence electrons. The van der Waals surface area contributed by atoms with E-state index in [0.717, 1.165) is 18.5 Å². The van der Waals surface area contributed by atoms with Crippen LogP contribution < -0.4 is 11.2 Å². The van der Waals surface area contributed by atoms with Crippen molar-refractivity contribution in [1.29, 1.82) is 0 Å². The van der Waals surface area contributed by atoms with Crippen molar-refractivity contribution >= 4 is 18.3 Å². The van der Waals surface area contributed by atoms with Crippen LogP contribution in [0.5, 0.6) is 0 Å². The van der Waals surface area contributed by atoms with Crippen LogP contribution in [0.25, 0.3) is 0 Å². The number of hydrogen-bond donors (Lipinski definition) is 1. The van der Waals surface area contributed by atoms with Crippen LogP contribution in [0.3, 0.4) is 0 Å². The summed E-state index contributed by atoms with van der Waals surface area (Å²) >= 11 is 0. The van der Waals surface area contributed by atoms with Gasteiger partial charge in [0.15, 0.2) is 5.43 Å². The Morgan fingerprint density at radius 2 is 2.00 bits per heavy atom. The van der Waals surface area contributed by atoms with Crippen LogP contribution in [-0.4, -0.2) is 16.7 Å². The van der Waals surface area contributed by atoms with Crippen LogP contribution >= 0.6 is 12.4 Å². The van der Waals surface area contributed by atoms with Gasteiger partial charge in [0.05, 0.1) is 0 Å². The molecule has 2 N–H and O–H groups in total. The van der Waals surface area contributed by atoms with Gasteiger partial charge in [-0.05, 0) is 0 Å². The van der Waals surface area contributed by atoms with Crippen molar-refractivity contribution in [3.8, 4) is 0 Å². The number of carbonyl (C=O) groups is 1.